The first-order valence-electron chi connectivity index (χ1n) is 6.66. The minimum Gasteiger partial charge on any atom is -0.277 e. The fraction of sp³-hybridized carbons (Fsp3) is 0.133. The zero-order valence-electron chi connectivity index (χ0n) is 12.1. The van der Waals surface area contributed by atoms with E-state index in [4.69, 9.17) is 0 Å². The first kappa shape index (κ1) is 14.8. The molecule has 2 aromatic heterocycles. The minimum absolute atomic E-state index is 0.324. The Bertz CT molecular complexity index is 897. The number of aryl methyl sites for hydroxylation is 2. The Morgan fingerprint density at radius 1 is 1.18 bits per heavy atom. The zero-order valence-corrected chi connectivity index (χ0v) is 13.8. The van der Waals surface area contributed by atoms with Crippen molar-refractivity contribution in [3.8, 4) is 5.69 Å². The lowest BCUT2D eigenvalue weighted by Crippen LogP contribution is -2.15. The summed E-state index contributed by atoms with van der Waals surface area (Å²) in [6.07, 6.45) is 3.42. The Balaban J connectivity index is 2.02. The molecule has 0 bridgehead atoms. The van der Waals surface area contributed by atoms with Crippen LogP contribution in [0.4, 0.5) is 5.69 Å². The number of sulfonamides is 1. The first-order valence-corrected chi connectivity index (χ1v) is 8.96. The fourth-order valence-corrected chi connectivity index (χ4v) is 4.88. The van der Waals surface area contributed by atoms with Gasteiger partial charge in [-0.25, -0.2) is 13.1 Å². The highest BCUT2D eigenvalue weighted by Gasteiger charge is 2.20. The van der Waals surface area contributed by atoms with E-state index in [1.54, 1.807) is 41.3 Å². The van der Waals surface area contributed by atoms with Gasteiger partial charge in [0.25, 0.3) is 10.0 Å². The van der Waals surface area contributed by atoms with Gasteiger partial charge in [-0.3, -0.25) is 4.72 Å². The van der Waals surface area contributed by atoms with E-state index in [-0.39, 0.29) is 0 Å². The summed E-state index contributed by atoms with van der Waals surface area (Å²) in [5.41, 5.74) is 1.18. The normalized spacial score (nSPS) is 11.5. The molecule has 3 rings (SSSR count). The van der Waals surface area contributed by atoms with Crippen LogP contribution >= 0.6 is 11.3 Å². The van der Waals surface area contributed by atoms with Crippen molar-refractivity contribution in [2.75, 3.05) is 4.72 Å². The highest BCUT2D eigenvalue weighted by Crippen LogP contribution is 2.28. The van der Waals surface area contributed by atoms with E-state index in [9.17, 15) is 8.42 Å². The standard InChI is InChI=1S/C15H15N3O2S2/c1-11-10-15(12(2)21-11)22(19,20)17-13-6-3-4-7-14(13)18-9-5-8-16-18/h3-10,17H,1-2H3. The molecule has 5 nitrogen and oxygen atoms in total. The molecule has 0 unspecified atom stereocenters. The molecule has 0 saturated carbocycles. The Labute approximate surface area is 133 Å². The van der Waals surface area contributed by atoms with Gasteiger partial charge < -0.3 is 0 Å². The molecule has 0 aliphatic rings. The molecule has 0 radical (unpaired) electrons. The van der Waals surface area contributed by atoms with Crippen molar-refractivity contribution in [2.45, 2.75) is 18.7 Å². The maximum atomic E-state index is 12.6. The van der Waals surface area contributed by atoms with E-state index in [1.807, 2.05) is 26.0 Å². The van der Waals surface area contributed by atoms with Gasteiger partial charge in [0.05, 0.1) is 11.4 Å². The average Bonchev–Trinajstić information content (AvgIpc) is 3.09. The van der Waals surface area contributed by atoms with Crippen LogP contribution < -0.4 is 4.72 Å². The highest BCUT2D eigenvalue weighted by molar-refractivity contribution is 7.93. The van der Waals surface area contributed by atoms with Crippen LogP contribution in [-0.4, -0.2) is 18.2 Å². The molecule has 0 saturated heterocycles. The van der Waals surface area contributed by atoms with Crippen LogP contribution in [0.5, 0.6) is 0 Å². The summed E-state index contributed by atoms with van der Waals surface area (Å²) in [6, 6.07) is 10.7. The third kappa shape index (κ3) is 2.77. The smallest absolute Gasteiger partial charge is 0.263 e. The fourth-order valence-electron chi connectivity index (χ4n) is 2.25. The summed E-state index contributed by atoms with van der Waals surface area (Å²) in [5, 5.41) is 4.16. The SMILES string of the molecule is Cc1cc(S(=O)(=O)Nc2ccccc2-n2cccn2)c(C)s1. The van der Waals surface area contributed by atoms with Crippen molar-refractivity contribution in [1.29, 1.82) is 0 Å². The summed E-state index contributed by atoms with van der Waals surface area (Å²) in [5.74, 6) is 0. The monoisotopic (exact) mass is 333 g/mol. The van der Waals surface area contributed by atoms with Crippen LogP contribution in [0.25, 0.3) is 5.69 Å². The lowest BCUT2D eigenvalue weighted by Gasteiger charge is -2.12. The van der Waals surface area contributed by atoms with Gasteiger partial charge in [-0.2, -0.15) is 5.10 Å². The number of anilines is 1. The maximum absolute atomic E-state index is 12.6. The Morgan fingerprint density at radius 3 is 2.59 bits per heavy atom. The molecule has 0 atom stereocenters. The average molecular weight is 333 g/mol. The van der Waals surface area contributed by atoms with Crippen molar-refractivity contribution >= 4 is 27.0 Å². The minimum atomic E-state index is -3.62. The number of hydrogen-bond donors (Lipinski definition) is 1. The molecule has 1 N–H and O–H groups in total. The second-order valence-electron chi connectivity index (χ2n) is 4.85. The number of para-hydroxylation sites is 2. The van der Waals surface area contributed by atoms with Gasteiger partial charge in [-0.1, -0.05) is 12.1 Å². The van der Waals surface area contributed by atoms with Crippen LogP contribution in [0.15, 0.2) is 53.7 Å². The van der Waals surface area contributed by atoms with Gasteiger partial charge in [0.2, 0.25) is 0 Å². The van der Waals surface area contributed by atoms with Crippen LogP contribution in [-0.2, 0) is 10.0 Å². The topological polar surface area (TPSA) is 64.0 Å². The van der Waals surface area contributed by atoms with E-state index >= 15 is 0 Å². The molecule has 0 fully saturated rings. The van der Waals surface area contributed by atoms with E-state index in [0.29, 0.717) is 16.3 Å². The van der Waals surface area contributed by atoms with Crippen molar-refractivity contribution in [1.82, 2.24) is 9.78 Å². The molecule has 7 heteroatoms. The predicted molar refractivity (Wildman–Crippen MR) is 88.2 cm³/mol. The largest absolute Gasteiger partial charge is 0.277 e. The zero-order chi connectivity index (χ0) is 15.7. The van der Waals surface area contributed by atoms with Crippen molar-refractivity contribution in [3.05, 3.63) is 58.5 Å². The van der Waals surface area contributed by atoms with Gasteiger partial charge >= 0.3 is 0 Å². The van der Waals surface area contributed by atoms with Crippen LogP contribution in [0.1, 0.15) is 9.75 Å². The van der Waals surface area contributed by atoms with Crippen molar-refractivity contribution in [2.24, 2.45) is 0 Å². The lowest BCUT2D eigenvalue weighted by atomic mass is 10.3. The maximum Gasteiger partial charge on any atom is 0.263 e. The lowest BCUT2D eigenvalue weighted by molar-refractivity contribution is 0.601. The van der Waals surface area contributed by atoms with E-state index in [0.717, 1.165) is 9.75 Å². The summed E-state index contributed by atoms with van der Waals surface area (Å²) in [7, 11) is -3.62. The number of rotatable bonds is 4. The van der Waals surface area contributed by atoms with Gasteiger partial charge in [-0.15, -0.1) is 11.3 Å². The third-order valence-corrected chi connectivity index (χ3v) is 5.77. The van der Waals surface area contributed by atoms with E-state index in [2.05, 4.69) is 9.82 Å². The Hall–Kier alpha value is -2.12. The molecular formula is C15H15N3O2S2. The van der Waals surface area contributed by atoms with Gasteiger partial charge in [-0.05, 0) is 38.1 Å². The van der Waals surface area contributed by atoms with E-state index in [1.165, 1.54) is 11.3 Å². The summed E-state index contributed by atoms with van der Waals surface area (Å²) in [4.78, 5) is 2.07. The quantitative estimate of drug-likeness (QED) is 0.796. The molecule has 1 aromatic carbocycles. The van der Waals surface area contributed by atoms with E-state index < -0.39 is 10.0 Å². The molecule has 22 heavy (non-hydrogen) atoms. The van der Waals surface area contributed by atoms with Crippen LogP contribution in [0, 0.1) is 13.8 Å². The predicted octanol–water partition coefficient (Wildman–Crippen LogP) is 3.35. The Morgan fingerprint density at radius 2 is 1.95 bits per heavy atom. The van der Waals surface area contributed by atoms with Crippen molar-refractivity contribution in [3.63, 3.8) is 0 Å². The second-order valence-corrected chi connectivity index (χ2v) is 7.96. The summed E-state index contributed by atoms with van der Waals surface area (Å²) < 4.78 is 29.5. The molecule has 0 spiro atoms. The molecule has 0 amide bonds. The summed E-state index contributed by atoms with van der Waals surface area (Å²) >= 11 is 1.47. The number of benzene rings is 1. The second kappa shape index (κ2) is 5.58. The molecule has 0 aliphatic carbocycles. The van der Waals surface area contributed by atoms with Gasteiger partial charge in [0.15, 0.2) is 0 Å². The number of thiophene rings is 1. The number of nitrogens with one attached hydrogen (secondary N) is 1. The first-order chi connectivity index (χ1) is 10.5. The molecule has 0 aliphatic heterocycles. The number of hydrogen-bond acceptors (Lipinski definition) is 4. The van der Waals surface area contributed by atoms with Crippen LogP contribution in [0.3, 0.4) is 0 Å². The third-order valence-electron chi connectivity index (χ3n) is 3.18. The van der Waals surface area contributed by atoms with Crippen molar-refractivity contribution < 1.29 is 8.42 Å². The number of nitrogens with zero attached hydrogens (tertiary/aromatic N) is 2. The Kier molecular flexibility index (Phi) is 3.76. The summed E-state index contributed by atoms with van der Waals surface area (Å²) in [6.45, 7) is 3.71. The highest BCUT2D eigenvalue weighted by atomic mass is 32.2. The van der Waals surface area contributed by atoms with Gasteiger partial charge in [0, 0.05) is 22.1 Å². The molecule has 114 valence electrons. The number of aromatic nitrogens is 2. The molecular weight excluding hydrogens is 318 g/mol. The van der Waals surface area contributed by atoms with Crippen LogP contribution in [0.2, 0.25) is 0 Å². The molecule has 3 aromatic rings. The van der Waals surface area contributed by atoms with Gasteiger partial charge in [0.1, 0.15) is 4.90 Å². The molecule has 2 heterocycles.